The molecule has 32 heavy (non-hydrogen) atoms. The zero-order chi connectivity index (χ0) is 23.6. The zero-order valence-electron chi connectivity index (χ0n) is 17.1. The van der Waals surface area contributed by atoms with E-state index in [4.69, 9.17) is 4.74 Å². The molecule has 0 atom stereocenters. The lowest BCUT2D eigenvalue weighted by Gasteiger charge is -2.39. The molecular weight excluding hydrogens is 438 g/mol. The summed E-state index contributed by atoms with van der Waals surface area (Å²) >= 11 is 0. The number of ether oxygens (including phenoxy) is 1. The van der Waals surface area contributed by atoms with Gasteiger partial charge in [0.25, 0.3) is 0 Å². The van der Waals surface area contributed by atoms with Crippen molar-refractivity contribution in [2.24, 2.45) is 0 Å². The number of benzene rings is 2. The first kappa shape index (κ1) is 24.4. The topological polar surface area (TPSA) is 49.7 Å². The van der Waals surface area contributed by atoms with Crippen LogP contribution in [0, 0.1) is 0 Å². The maximum Gasteiger partial charge on any atom is 0.419 e. The lowest BCUT2D eigenvalue weighted by molar-refractivity contribution is -0.144. The van der Waals surface area contributed by atoms with Crippen LogP contribution in [0.5, 0.6) is 5.75 Å². The summed E-state index contributed by atoms with van der Waals surface area (Å²) in [6.45, 7) is -0.832. The van der Waals surface area contributed by atoms with E-state index in [1.54, 1.807) is 18.2 Å². The minimum atomic E-state index is -5.08. The van der Waals surface area contributed by atoms with Crippen molar-refractivity contribution in [3.63, 3.8) is 0 Å². The minimum absolute atomic E-state index is 0.0516. The van der Waals surface area contributed by atoms with Gasteiger partial charge in [-0.25, -0.2) is 0 Å². The highest BCUT2D eigenvalue weighted by atomic mass is 19.4. The molecule has 1 saturated carbocycles. The van der Waals surface area contributed by atoms with Gasteiger partial charge < -0.3 is 14.9 Å². The Morgan fingerprint density at radius 2 is 1.56 bits per heavy atom. The molecule has 0 spiro atoms. The molecule has 1 aliphatic rings. The van der Waals surface area contributed by atoms with Crippen molar-refractivity contribution < 1.29 is 41.3 Å². The Morgan fingerprint density at radius 3 is 2.09 bits per heavy atom. The third kappa shape index (κ3) is 5.38. The smallest absolute Gasteiger partial charge is 0.419 e. The van der Waals surface area contributed by atoms with Crippen molar-refractivity contribution >= 4 is 0 Å². The third-order valence-corrected chi connectivity index (χ3v) is 5.97. The summed E-state index contributed by atoms with van der Waals surface area (Å²) in [6, 6.07) is 9.68. The largest absolute Gasteiger partial charge is 0.492 e. The zero-order valence-corrected chi connectivity index (χ0v) is 17.1. The quantitative estimate of drug-likeness (QED) is 0.557. The summed E-state index contributed by atoms with van der Waals surface area (Å²) in [5, 5.41) is 19.2. The fourth-order valence-corrected chi connectivity index (χ4v) is 4.21. The van der Waals surface area contributed by atoms with Crippen LogP contribution >= 0.6 is 0 Å². The number of hydrogen-bond acceptors (Lipinski definition) is 3. The van der Waals surface area contributed by atoms with E-state index >= 15 is 0 Å². The fourth-order valence-electron chi connectivity index (χ4n) is 4.21. The summed E-state index contributed by atoms with van der Waals surface area (Å²) in [5.74, 6) is -0.694. The maximum atomic E-state index is 13.7. The molecule has 2 aromatic rings. The molecule has 1 aliphatic carbocycles. The molecule has 0 aromatic heterocycles. The number of rotatable bonds is 6. The molecule has 3 rings (SSSR count). The standard InChI is InChI=1S/C23H24F6O3/c24-22(25,26)17-12-15(8-11-30)20(19(13-17)23(27,28)29)32-14-21(9-6-18(31)7-10-21)16-4-2-1-3-5-16/h1-5,12-13,18,30-31H,6-11,14H2. The molecule has 0 radical (unpaired) electrons. The second kappa shape index (κ2) is 9.31. The average molecular weight is 462 g/mol. The lowest BCUT2D eigenvalue weighted by atomic mass is 9.69. The van der Waals surface area contributed by atoms with Gasteiger partial charge >= 0.3 is 12.4 Å². The van der Waals surface area contributed by atoms with Crippen molar-refractivity contribution in [2.45, 2.75) is 56.0 Å². The normalized spacial score (nSPS) is 22.1. The van der Waals surface area contributed by atoms with Gasteiger partial charge in [0.05, 0.1) is 23.8 Å². The summed E-state index contributed by atoms with van der Waals surface area (Å²) < 4.78 is 86.5. The van der Waals surface area contributed by atoms with Crippen LogP contribution in [0.2, 0.25) is 0 Å². The molecule has 0 unspecified atom stereocenters. The molecule has 0 bridgehead atoms. The van der Waals surface area contributed by atoms with Crippen LogP contribution in [-0.4, -0.2) is 29.5 Å². The Hall–Kier alpha value is -2.26. The van der Waals surface area contributed by atoms with Crippen LogP contribution in [0.4, 0.5) is 26.3 Å². The highest BCUT2D eigenvalue weighted by molar-refractivity contribution is 5.47. The lowest BCUT2D eigenvalue weighted by Crippen LogP contribution is -2.39. The van der Waals surface area contributed by atoms with Crippen LogP contribution in [0.1, 0.15) is 47.9 Å². The monoisotopic (exact) mass is 462 g/mol. The molecule has 2 aromatic carbocycles. The van der Waals surface area contributed by atoms with Crippen LogP contribution in [0.15, 0.2) is 42.5 Å². The van der Waals surface area contributed by atoms with Gasteiger partial charge in [0.15, 0.2) is 0 Å². The second-order valence-corrected chi connectivity index (χ2v) is 8.15. The van der Waals surface area contributed by atoms with Crippen LogP contribution in [0.3, 0.4) is 0 Å². The van der Waals surface area contributed by atoms with E-state index in [-0.39, 0.29) is 18.2 Å². The summed E-state index contributed by atoms with van der Waals surface area (Å²) in [4.78, 5) is 0. The molecular formula is C23H24F6O3. The van der Waals surface area contributed by atoms with E-state index in [0.717, 1.165) is 5.56 Å². The number of aliphatic hydroxyl groups excluding tert-OH is 2. The first-order valence-electron chi connectivity index (χ1n) is 10.2. The highest BCUT2D eigenvalue weighted by Crippen LogP contribution is 2.45. The van der Waals surface area contributed by atoms with Gasteiger partial charge in [-0.1, -0.05) is 30.3 Å². The van der Waals surface area contributed by atoms with E-state index in [0.29, 0.717) is 31.7 Å². The van der Waals surface area contributed by atoms with Gasteiger partial charge in [0, 0.05) is 12.0 Å². The SMILES string of the molecule is OCCc1cc(C(F)(F)F)cc(C(F)(F)F)c1OCC1(c2ccccc2)CCC(O)CC1. The molecule has 0 amide bonds. The van der Waals surface area contributed by atoms with Crippen molar-refractivity contribution in [3.8, 4) is 5.75 Å². The van der Waals surface area contributed by atoms with Gasteiger partial charge in [0.2, 0.25) is 0 Å². The van der Waals surface area contributed by atoms with Crippen molar-refractivity contribution in [1.82, 2.24) is 0 Å². The number of aliphatic hydroxyl groups is 2. The molecule has 2 N–H and O–H groups in total. The first-order chi connectivity index (χ1) is 15.0. The number of alkyl halides is 6. The Kier molecular flexibility index (Phi) is 7.09. The summed E-state index contributed by atoms with van der Waals surface area (Å²) in [7, 11) is 0. The highest BCUT2D eigenvalue weighted by Gasteiger charge is 2.42. The molecule has 176 valence electrons. The van der Waals surface area contributed by atoms with E-state index in [1.807, 2.05) is 12.1 Å². The first-order valence-corrected chi connectivity index (χ1v) is 10.2. The molecule has 0 heterocycles. The third-order valence-electron chi connectivity index (χ3n) is 5.97. The van der Waals surface area contributed by atoms with E-state index in [2.05, 4.69) is 0 Å². The van der Waals surface area contributed by atoms with Crippen molar-refractivity contribution in [1.29, 1.82) is 0 Å². The van der Waals surface area contributed by atoms with Crippen LogP contribution < -0.4 is 4.74 Å². The molecule has 9 heteroatoms. The molecule has 0 saturated heterocycles. The molecule has 0 aliphatic heterocycles. The predicted octanol–water partition coefficient (Wildman–Crippen LogP) is 5.51. The molecule has 1 fully saturated rings. The van der Waals surface area contributed by atoms with Gasteiger partial charge in [-0.05, 0) is 55.4 Å². The minimum Gasteiger partial charge on any atom is -0.492 e. The predicted molar refractivity (Wildman–Crippen MR) is 105 cm³/mol. The Morgan fingerprint density at radius 1 is 0.938 bits per heavy atom. The van der Waals surface area contributed by atoms with E-state index < -0.39 is 53.8 Å². The van der Waals surface area contributed by atoms with Gasteiger partial charge in [-0.2, -0.15) is 26.3 Å². The van der Waals surface area contributed by atoms with Crippen molar-refractivity contribution in [2.75, 3.05) is 13.2 Å². The average Bonchev–Trinajstić information content (AvgIpc) is 2.73. The summed E-state index contributed by atoms with van der Waals surface area (Å²) in [6.07, 6.45) is -9.23. The van der Waals surface area contributed by atoms with Gasteiger partial charge in [-0.3, -0.25) is 0 Å². The van der Waals surface area contributed by atoms with E-state index in [1.165, 1.54) is 0 Å². The number of halogens is 6. The Balaban J connectivity index is 2.04. The van der Waals surface area contributed by atoms with E-state index in [9.17, 15) is 36.6 Å². The van der Waals surface area contributed by atoms with Gasteiger partial charge in [0.1, 0.15) is 5.75 Å². The second-order valence-electron chi connectivity index (χ2n) is 8.15. The van der Waals surface area contributed by atoms with Crippen molar-refractivity contribution in [3.05, 3.63) is 64.7 Å². The Labute approximate surface area is 181 Å². The fraction of sp³-hybridized carbons (Fsp3) is 0.478. The summed E-state index contributed by atoms with van der Waals surface area (Å²) in [5.41, 5.74) is -3.18. The van der Waals surface area contributed by atoms with Gasteiger partial charge in [-0.15, -0.1) is 0 Å². The maximum absolute atomic E-state index is 13.7. The Bertz CT molecular complexity index is 900. The van der Waals surface area contributed by atoms with Crippen LogP contribution in [0.25, 0.3) is 0 Å². The van der Waals surface area contributed by atoms with Crippen LogP contribution in [-0.2, 0) is 24.2 Å². The number of hydrogen-bond donors (Lipinski definition) is 2. The molecule has 3 nitrogen and oxygen atoms in total.